The minimum atomic E-state index is -3.68. The minimum absolute atomic E-state index is 0.0342. The number of sulfonamides is 1. The van der Waals surface area contributed by atoms with Gasteiger partial charge in [0.1, 0.15) is 11.5 Å². The standard InChI is InChI=1S/C22H22N2O5S/c1-16-7-13-19(14-8-16)30(27,28)24(2)17-9-11-18(12-10-17)29-15-22(26)23-20-5-3-4-6-21(20)25/h3-14,25H,15H2,1-2H3,(H,23,26). The molecule has 0 unspecified atom stereocenters. The summed E-state index contributed by atoms with van der Waals surface area (Å²) < 4.78 is 32.2. The molecule has 0 radical (unpaired) electrons. The van der Waals surface area contributed by atoms with Crippen LogP contribution in [0.25, 0.3) is 0 Å². The minimum Gasteiger partial charge on any atom is -0.506 e. The number of amides is 1. The van der Waals surface area contributed by atoms with E-state index >= 15 is 0 Å². The van der Waals surface area contributed by atoms with Crippen molar-refractivity contribution < 1.29 is 23.1 Å². The molecule has 0 aliphatic heterocycles. The van der Waals surface area contributed by atoms with E-state index in [-0.39, 0.29) is 17.3 Å². The van der Waals surface area contributed by atoms with Crippen LogP contribution in [0.3, 0.4) is 0 Å². The number of para-hydroxylation sites is 2. The van der Waals surface area contributed by atoms with Crippen LogP contribution in [-0.2, 0) is 14.8 Å². The van der Waals surface area contributed by atoms with Gasteiger partial charge in [-0.05, 0) is 55.5 Å². The zero-order valence-electron chi connectivity index (χ0n) is 16.6. The number of hydrogen-bond donors (Lipinski definition) is 2. The number of anilines is 2. The SMILES string of the molecule is Cc1ccc(S(=O)(=O)N(C)c2ccc(OCC(=O)Nc3ccccc3O)cc2)cc1. The molecule has 1 amide bonds. The number of carbonyl (C=O) groups excluding carboxylic acids is 1. The molecule has 0 fully saturated rings. The number of aromatic hydroxyl groups is 1. The van der Waals surface area contributed by atoms with Gasteiger partial charge in [-0.1, -0.05) is 29.8 Å². The Kier molecular flexibility index (Phi) is 6.27. The van der Waals surface area contributed by atoms with Crippen LogP contribution >= 0.6 is 0 Å². The fourth-order valence-corrected chi connectivity index (χ4v) is 3.87. The Morgan fingerprint density at radius 1 is 1.00 bits per heavy atom. The van der Waals surface area contributed by atoms with Crippen molar-refractivity contribution in [1.82, 2.24) is 0 Å². The Morgan fingerprint density at radius 3 is 2.27 bits per heavy atom. The summed E-state index contributed by atoms with van der Waals surface area (Å²) in [5.41, 5.74) is 1.73. The third-order valence-corrected chi connectivity index (χ3v) is 6.23. The number of carbonyl (C=O) groups is 1. The van der Waals surface area contributed by atoms with Crippen LogP contribution in [0.15, 0.2) is 77.7 Å². The number of ether oxygens (including phenoxy) is 1. The predicted molar refractivity (Wildman–Crippen MR) is 115 cm³/mol. The van der Waals surface area contributed by atoms with Crippen molar-refractivity contribution >= 4 is 27.3 Å². The van der Waals surface area contributed by atoms with Crippen molar-refractivity contribution in [2.45, 2.75) is 11.8 Å². The third kappa shape index (κ3) is 4.90. The van der Waals surface area contributed by atoms with Crippen LogP contribution in [0.1, 0.15) is 5.56 Å². The number of nitrogens with one attached hydrogen (secondary N) is 1. The highest BCUT2D eigenvalue weighted by Gasteiger charge is 2.21. The fraction of sp³-hybridized carbons (Fsp3) is 0.136. The summed E-state index contributed by atoms with van der Waals surface area (Å²) in [7, 11) is -2.20. The van der Waals surface area contributed by atoms with E-state index in [9.17, 15) is 18.3 Å². The Balaban J connectivity index is 1.62. The van der Waals surface area contributed by atoms with Crippen molar-refractivity contribution in [3.8, 4) is 11.5 Å². The van der Waals surface area contributed by atoms with Gasteiger partial charge in [-0.25, -0.2) is 8.42 Å². The molecule has 3 rings (SSSR count). The average Bonchev–Trinajstić information content (AvgIpc) is 2.74. The first-order valence-electron chi connectivity index (χ1n) is 9.14. The number of hydrogen-bond acceptors (Lipinski definition) is 5. The Morgan fingerprint density at radius 2 is 1.63 bits per heavy atom. The Labute approximate surface area is 175 Å². The summed E-state index contributed by atoms with van der Waals surface area (Å²) in [5, 5.41) is 12.2. The van der Waals surface area contributed by atoms with E-state index in [1.54, 1.807) is 66.7 Å². The molecule has 0 aromatic heterocycles. The van der Waals surface area contributed by atoms with Gasteiger partial charge in [0.05, 0.1) is 16.3 Å². The molecule has 8 heteroatoms. The Hall–Kier alpha value is -3.52. The van der Waals surface area contributed by atoms with Crippen LogP contribution < -0.4 is 14.4 Å². The molecule has 156 valence electrons. The van der Waals surface area contributed by atoms with Gasteiger partial charge in [0.25, 0.3) is 15.9 Å². The lowest BCUT2D eigenvalue weighted by Gasteiger charge is -2.20. The average molecular weight is 426 g/mol. The van der Waals surface area contributed by atoms with Crippen LogP contribution in [0, 0.1) is 6.92 Å². The molecule has 0 aliphatic rings. The summed E-state index contributed by atoms with van der Waals surface area (Å²) in [4.78, 5) is 12.2. The highest BCUT2D eigenvalue weighted by molar-refractivity contribution is 7.92. The van der Waals surface area contributed by atoms with Crippen molar-refractivity contribution in [2.24, 2.45) is 0 Å². The van der Waals surface area contributed by atoms with Crippen molar-refractivity contribution in [2.75, 3.05) is 23.3 Å². The lowest BCUT2D eigenvalue weighted by molar-refractivity contribution is -0.118. The highest BCUT2D eigenvalue weighted by Crippen LogP contribution is 2.25. The van der Waals surface area contributed by atoms with Crippen LogP contribution in [-0.4, -0.2) is 33.1 Å². The first-order valence-corrected chi connectivity index (χ1v) is 10.6. The second-order valence-corrected chi connectivity index (χ2v) is 8.60. The first-order chi connectivity index (χ1) is 14.3. The molecule has 3 aromatic carbocycles. The van der Waals surface area contributed by atoms with E-state index in [4.69, 9.17) is 4.74 Å². The van der Waals surface area contributed by atoms with Crippen LogP contribution in [0.4, 0.5) is 11.4 Å². The van der Waals surface area contributed by atoms with Gasteiger partial charge < -0.3 is 15.2 Å². The van der Waals surface area contributed by atoms with Gasteiger partial charge in [0.2, 0.25) is 0 Å². The number of aryl methyl sites for hydroxylation is 1. The molecule has 0 saturated heterocycles. The first kappa shape index (κ1) is 21.2. The molecule has 0 bridgehead atoms. The summed E-state index contributed by atoms with van der Waals surface area (Å²) in [5.74, 6) is -0.0556. The van der Waals surface area contributed by atoms with E-state index in [2.05, 4.69) is 5.32 Å². The lowest BCUT2D eigenvalue weighted by Crippen LogP contribution is -2.26. The van der Waals surface area contributed by atoms with Gasteiger partial charge in [0, 0.05) is 7.05 Å². The fourth-order valence-electron chi connectivity index (χ4n) is 2.67. The van der Waals surface area contributed by atoms with Crippen molar-refractivity contribution in [1.29, 1.82) is 0 Å². The van der Waals surface area contributed by atoms with Gasteiger partial charge in [-0.15, -0.1) is 0 Å². The molecule has 0 heterocycles. The smallest absolute Gasteiger partial charge is 0.264 e. The number of benzene rings is 3. The molecule has 0 aliphatic carbocycles. The van der Waals surface area contributed by atoms with Crippen LogP contribution in [0.5, 0.6) is 11.5 Å². The summed E-state index contributed by atoms with van der Waals surface area (Å²) in [6.45, 7) is 1.63. The van der Waals surface area contributed by atoms with Gasteiger partial charge in [-0.2, -0.15) is 0 Å². The van der Waals surface area contributed by atoms with E-state index in [0.717, 1.165) is 5.56 Å². The normalized spacial score (nSPS) is 11.0. The largest absolute Gasteiger partial charge is 0.506 e. The number of nitrogens with zero attached hydrogens (tertiary/aromatic N) is 1. The third-order valence-electron chi connectivity index (χ3n) is 4.43. The zero-order chi connectivity index (χ0) is 21.7. The number of phenolic OH excluding ortho intramolecular Hbond substituents is 1. The highest BCUT2D eigenvalue weighted by atomic mass is 32.2. The van der Waals surface area contributed by atoms with E-state index in [1.165, 1.54) is 17.4 Å². The molecule has 2 N–H and O–H groups in total. The zero-order valence-corrected chi connectivity index (χ0v) is 17.4. The van der Waals surface area contributed by atoms with Gasteiger partial charge in [-0.3, -0.25) is 9.10 Å². The molecule has 0 saturated carbocycles. The number of phenols is 1. The van der Waals surface area contributed by atoms with E-state index in [0.29, 0.717) is 17.1 Å². The maximum Gasteiger partial charge on any atom is 0.264 e. The maximum absolute atomic E-state index is 12.8. The monoisotopic (exact) mass is 426 g/mol. The van der Waals surface area contributed by atoms with E-state index < -0.39 is 15.9 Å². The maximum atomic E-state index is 12.8. The molecule has 0 spiro atoms. The summed E-state index contributed by atoms with van der Waals surface area (Å²) in [6, 6.07) is 19.4. The van der Waals surface area contributed by atoms with Crippen molar-refractivity contribution in [3.63, 3.8) is 0 Å². The van der Waals surface area contributed by atoms with E-state index in [1.807, 2.05) is 6.92 Å². The quantitative estimate of drug-likeness (QED) is 0.564. The lowest BCUT2D eigenvalue weighted by atomic mass is 10.2. The number of rotatable bonds is 7. The van der Waals surface area contributed by atoms with Gasteiger partial charge >= 0.3 is 0 Å². The molecular formula is C22H22N2O5S. The topological polar surface area (TPSA) is 95.9 Å². The molecular weight excluding hydrogens is 404 g/mol. The molecule has 7 nitrogen and oxygen atoms in total. The second kappa shape index (κ2) is 8.87. The Bertz CT molecular complexity index is 1130. The van der Waals surface area contributed by atoms with Crippen LogP contribution in [0.2, 0.25) is 0 Å². The summed E-state index contributed by atoms with van der Waals surface area (Å²) in [6.07, 6.45) is 0. The summed E-state index contributed by atoms with van der Waals surface area (Å²) >= 11 is 0. The van der Waals surface area contributed by atoms with Gasteiger partial charge in [0.15, 0.2) is 6.61 Å². The molecule has 30 heavy (non-hydrogen) atoms. The second-order valence-electron chi connectivity index (χ2n) is 6.63. The van der Waals surface area contributed by atoms with Crippen molar-refractivity contribution in [3.05, 3.63) is 78.4 Å². The molecule has 0 atom stereocenters. The molecule has 3 aromatic rings. The predicted octanol–water partition coefficient (Wildman–Crippen LogP) is 3.54.